The highest BCUT2D eigenvalue weighted by Crippen LogP contribution is 2.14. The smallest absolute Gasteiger partial charge is 0.325 e. The molecule has 0 spiro atoms. The largest absolute Gasteiger partial charge is 0.468 e. The van der Waals surface area contributed by atoms with E-state index in [1.165, 1.54) is 19.4 Å². The molecule has 2 rings (SSSR count). The van der Waals surface area contributed by atoms with Crippen molar-refractivity contribution in [1.29, 1.82) is 0 Å². The Labute approximate surface area is 108 Å². The number of esters is 1. The van der Waals surface area contributed by atoms with Gasteiger partial charge in [-0.25, -0.2) is 0 Å². The topological polar surface area (TPSA) is 71.8 Å². The highest BCUT2D eigenvalue weighted by atomic mass is 32.1. The van der Waals surface area contributed by atoms with Crippen molar-refractivity contribution in [2.24, 2.45) is 0 Å². The Morgan fingerprint density at radius 2 is 2.44 bits per heavy atom. The van der Waals surface area contributed by atoms with Crippen LogP contribution < -0.4 is 5.32 Å². The molecule has 1 saturated heterocycles. The van der Waals surface area contributed by atoms with Crippen molar-refractivity contribution in [2.75, 3.05) is 13.7 Å². The summed E-state index contributed by atoms with van der Waals surface area (Å²) in [5.74, 6) is -0.401. The van der Waals surface area contributed by atoms with E-state index in [1.54, 1.807) is 12.1 Å². The summed E-state index contributed by atoms with van der Waals surface area (Å²) in [6.07, 6.45) is 3.02. The summed E-state index contributed by atoms with van der Waals surface area (Å²) in [6.45, 7) is -0.212. The molecule has 1 amide bonds. The Kier molecular flexibility index (Phi) is 3.42. The second kappa shape index (κ2) is 5.01. The molecule has 0 bridgehead atoms. The quantitative estimate of drug-likeness (QED) is 0.488. The average molecular weight is 266 g/mol. The standard InChI is InChI=1S/C11H10N2O4S/c1-16-9(14)6-13-10(15)8(12-11(13)18)5-7-3-2-4-17-7/h2-5H,6H2,1H3,(H,12,18)/b8-5-. The third kappa shape index (κ3) is 2.40. The average Bonchev–Trinajstić information content (AvgIpc) is 2.94. The summed E-state index contributed by atoms with van der Waals surface area (Å²) >= 11 is 4.97. The molecular formula is C11H10N2O4S. The van der Waals surface area contributed by atoms with Crippen molar-refractivity contribution < 1.29 is 18.7 Å². The van der Waals surface area contributed by atoms with E-state index in [2.05, 4.69) is 10.1 Å². The van der Waals surface area contributed by atoms with Gasteiger partial charge in [0.15, 0.2) is 5.11 Å². The molecule has 0 radical (unpaired) electrons. The first-order valence-corrected chi connectivity index (χ1v) is 5.47. The number of hydrogen-bond donors (Lipinski definition) is 1. The van der Waals surface area contributed by atoms with Gasteiger partial charge in [0.05, 0.1) is 13.4 Å². The lowest BCUT2D eigenvalue weighted by Crippen LogP contribution is -2.35. The molecule has 7 heteroatoms. The molecule has 0 unspecified atom stereocenters. The fourth-order valence-corrected chi connectivity index (χ4v) is 1.68. The molecule has 0 aliphatic carbocycles. The maximum atomic E-state index is 12.0. The second-order valence-corrected chi connectivity index (χ2v) is 3.86. The summed E-state index contributed by atoms with van der Waals surface area (Å²) in [6, 6.07) is 3.41. The molecule has 94 valence electrons. The molecule has 1 fully saturated rings. The highest BCUT2D eigenvalue weighted by Gasteiger charge is 2.32. The molecular weight excluding hydrogens is 256 g/mol. The number of amides is 1. The van der Waals surface area contributed by atoms with Crippen molar-refractivity contribution in [2.45, 2.75) is 0 Å². The van der Waals surface area contributed by atoms with Gasteiger partial charge >= 0.3 is 5.97 Å². The van der Waals surface area contributed by atoms with E-state index in [9.17, 15) is 9.59 Å². The zero-order valence-electron chi connectivity index (χ0n) is 9.50. The van der Waals surface area contributed by atoms with E-state index >= 15 is 0 Å². The van der Waals surface area contributed by atoms with Crippen LogP contribution in [-0.4, -0.2) is 35.5 Å². The summed E-state index contributed by atoms with van der Waals surface area (Å²) in [7, 11) is 1.25. The van der Waals surface area contributed by atoms with E-state index in [4.69, 9.17) is 16.6 Å². The van der Waals surface area contributed by atoms with Crippen LogP contribution in [0.5, 0.6) is 0 Å². The van der Waals surface area contributed by atoms with Crippen LogP contribution in [0.25, 0.3) is 6.08 Å². The SMILES string of the molecule is COC(=O)CN1C(=O)/C(=C/c2ccco2)NC1=S. The van der Waals surface area contributed by atoms with Crippen LogP contribution in [0.1, 0.15) is 5.76 Å². The predicted octanol–water partition coefficient (Wildman–Crippen LogP) is 0.510. The lowest BCUT2D eigenvalue weighted by Gasteiger charge is -2.11. The van der Waals surface area contributed by atoms with Crippen LogP contribution in [0.2, 0.25) is 0 Å². The first-order valence-electron chi connectivity index (χ1n) is 5.06. The Hall–Kier alpha value is -2.15. The lowest BCUT2D eigenvalue weighted by atomic mass is 10.3. The number of thiocarbonyl (C=S) groups is 1. The van der Waals surface area contributed by atoms with E-state index in [0.717, 1.165) is 4.90 Å². The number of carbonyl (C=O) groups excluding carboxylic acids is 2. The van der Waals surface area contributed by atoms with Crippen molar-refractivity contribution >= 4 is 35.3 Å². The molecule has 0 aromatic carbocycles. The molecule has 1 aliphatic rings. The van der Waals surface area contributed by atoms with Crippen LogP contribution in [0.15, 0.2) is 28.5 Å². The minimum atomic E-state index is -0.535. The summed E-state index contributed by atoms with van der Waals surface area (Å²) in [5.41, 5.74) is 0.263. The van der Waals surface area contributed by atoms with Crippen molar-refractivity contribution in [3.8, 4) is 0 Å². The number of ether oxygens (including phenoxy) is 1. The fourth-order valence-electron chi connectivity index (χ4n) is 1.42. The minimum absolute atomic E-state index is 0.170. The van der Waals surface area contributed by atoms with Crippen LogP contribution in [0, 0.1) is 0 Å². The first kappa shape index (κ1) is 12.3. The van der Waals surface area contributed by atoms with Gasteiger partial charge in [-0.2, -0.15) is 0 Å². The van der Waals surface area contributed by atoms with Crippen LogP contribution in [0.4, 0.5) is 0 Å². The minimum Gasteiger partial charge on any atom is -0.468 e. The zero-order valence-corrected chi connectivity index (χ0v) is 10.3. The number of hydrogen-bond acceptors (Lipinski definition) is 5. The lowest BCUT2D eigenvalue weighted by molar-refractivity contribution is -0.143. The number of rotatable bonds is 3. The third-order valence-electron chi connectivity index (χ3n) is 2.31. The van der Waals surface area contributed by atoms with E-state index < -0.39 is 5.97 Å². The molecule has 1 aliphatic heterocycles. The van der Waals surface area contributed by atoms with Gasteiger partial charge in [0.2, 0.25) is 0 Å². The fraction of sp³-hybridized carbons (Fsp3) is 0.182. The summed E-state index contributed by atoms with van der Waals surface area (Å²) in [5, 5.41) is 2.89. The third-order valence-corrected chi connectivity index (χ3v) is 2.63. The number of furan rings is 1. The Morgan fingerprint density at radius 1 is 1.67 bits per heavy atom. The normalized spacial score (nSPS) is 17.2. The maximum absolute atomic E-state index is 12.0. The number of methoxy groups -OCH3 is 1. The molecule has 1 aromatic rings. The van der Waals surface area contributed by atoms with Crippen LogP contribution >= 0.6 is 12.2 Å². The van der Waals surface area contributed by atoms with Gasteiger partial charge in [0.1, 0.15) is 18.0 Å². The molecule has 0 atom stereocenters. The van der Waals surface area contributed by atoms with Gasteiger partial charge < -0.3 is 14.5 Å². The Morgan fingerprint density at radius 3 is 3.06 bits per heavy atom. The van der Waals surface area contributed by atoms with E-state index in [0.29, 0.717) is 5.76 Å². The monoisotopic (exact) mass is 266 g/mol. The van der Waals surface area contributed by atoms with Crippen LogP contribution in [0.3, 0.4) is 0 Å². The molecule has 6 nitrogen and oxygen atoms in total. The number of nitrogens with zero attached hydrogens (tertiary/aromatic N) is 1. The van der Waals surface area contributed by atoms with E-state index in [1.807, 2.05) is 0 Å². The number of carbonyl (C=O) groups is 2. The summed E-state index contributed by atoms with van der Waals surface area (Å²) in [4.78, 5) is 24.2. The van der Waals surface area contributed by atoms with Crippen molar-refractivity contribution in [3.63, 3.8) is 0 Å². The highest BCUT2D eigenvalue weighted by molar-refractivity contribution is 7.80. The molecule has 1 aromatic heterocycles. The molecule has 0 saturated carbocycles. The molecule has 2 heterocycles. The Bertz CT molecular complexity index is 521. The predicted molar refractivity (Wildman–Crippen MR) is 66.1 cm³/mol. The molecule has 18 heavy (non-hydrogen) atoms. The van der Waals surface area contributed by atoms with Gasteiger partial charge in [0.25, 0.3) is 5.91 Å². The van der Waals surface area contributed by atoms with Crippen molar-refractivity contribution in [3.05, 3.63) is 29.9 Å². The maximum Gasteiger partial charge on any atom is 0.325 e. The van der Waals surface area contributed by atoms with E-state index in [-0.39, 0.29) is 23.3 Å². The Balaban J connectivity index is 2.16. The zero-order chi connectivity index (χ0) is 13.1. The van der Waals surface area contributed by atoms with Gasteiger partial charge in [-0.15, -0.1) is 0 Å². The van der Waals surface area contributed by atoms with Gasteiger partial charge in [-0.3, -0.25) is 14.5 Å². The van der Waals surface area contributed by atoms with Gasteiger partial charge in [-0.05, 0) is 24.4 Å². The first-order chi connectivity index (χ1) is 8.61. The number of nitrogens with one attached hydrogen (secondary N) is 1. The van der Waals surface area contributed by atoms with Gasteiger partial charge in [0, 0.05) is 6.08 Å². The van der Waals surface area contributed by atoms with Crippen LogP contribution in [-0.2, 0) is 14.3 Å². The summed E-state index contributed by atoms with van der Waals surface area (Å²) < 4.78 is 9.59. The second-order valence-electron chi connectivity index (χ2n) is 3.47. The van der Waals surface area contributed by atoms with Crippen molar-refractivity contribution in [1.82, 2.24) is 10.2 Å². The van der Waals surface area contributed by atoms with Gasteiger partial charge in [-0.1, -0.05) is 0 Å². The molecule has 1 N–H and O–H groups in total.